The Balaban J connectivity index is 3.56. The minimum Gasteiger partial charge on any atom is -0.504 e. The third-order valence-corrected chi connectivity index (χ3v) is 2.15. The first kappa shape index (κ1) is 10.8. The number of rotatable bonds is 2. The summed E-state index contributed by atoms with van der Waals surface area (Å²) in [4.78, 5) is 10.7. The molecule has 6 heteroatoms. The molecular weight excluding hydrogens is 259 g/mol. The molecule has 0 spiro atoms. The highest BCUT2D eigenvalue weighted by Gasteiger charge is 2.23. The van der Waals surface area contributed by atoms with Crippen molar-refractivity contribution < 1.29 is 24.1 Å². The number of ether oxygens (including phenoxy) is 1. The predicted octanol–water partition coefficient (Wildman–Crippen LogP) is 2.00. The van der Waals surface area contributed by atoms with Crippen LogP contribution in [0.25, 0.3) is 0 Å². The number of halogens is 2. The summed E-state index contributed by atoms with van der Waals surface area (Å²) in [5, 5.41) is 17.9. The van der Waals surface area contributed by atoms with Crippen LogP contribution in [0.3, 0.4) is 0 Å². The zero-order valence-corrected chi connectivity index (χ0v) is 8.63. The highest BCUT2D eigenvalue weighted by molar-refractivity contribution is 9.10. The van der Waals surface area contributed by atoms with Gasteiger partial charge in [0.2, 0.25) is 0 Å². The number of carbonyl (C=O) groups is 1. The molecule has 1 rings (SSSR count). The number of phenolic OH excluding ortho intramolecular Hbond substituents is 1. The topological polar surface area (TPSA) is 66.8 Å². The van der Waals surface area contributed by atoms with Crippen molar-refractivity contribution in [3.63, 3.8) is 0 Å². The van der Waals surface area contributed by atoms with Crippen molar-refractivity contribution in [2.24, 2.45) is 0 Å². The fourth-order valence-corrected chi connectivity index (χ4v) is 1.41. The van der Waals surface area contributed by atoms with E-state index in [9.17, 15) is 14.3 Å². The smallest absolute Gasteiger partial charge is 0.342 e. The molecule has 0 atom stereocenters. The van der Waals surface area contributed by atoms with Gasteiger partial charge in [0.25, 0.3) is 0 Å². The lowest BCUT2D eigenvalue weighted by molar-refractivity contribution is 0.0687. The molecule has 0 heterocycles. The molecule has 0 aliphatic rings. The number of carboxylic acid groups (broad SMARTS) is 1. The first-order valence-corrected chi connectivity index (χ1v) is 4.26. The van der Waals surface area contributed by atoms with Gasteiger partial charge in [-0.1, -0.05) is 0 Å². The molecule has 0 saturated heterocycles. The molecule has 0 saturated carbocycles. The number of hydrogen-bond acceptors (Lipinski definition) is 3. The largest absolute Gasteiger partial charge is 0.504 e. The molecular formula is C8H6BrFO4. The molecule has 76 valence electrons. The number of methoxy groups -OCH3 is 1. The van der Waals surface area contributed by atoms with Crippen LogP contribution in [0.1, 0.15) is 10.4 Å². The van der Waals surface area contributed by atoms with Crippen molar-refractivity contribution in [2.75, 3.05) is 7.11 Å². The van der Waals surface area contributed by atoms with Crippen LogP contribution < -0.4 is 4.74 Å². The molecule has 1 aromatic carbocycles. The van der Waals surface area contributed by atoms with E-state index < -0.39 is 28.8 Å². The van der Waals surface area contributed by atoms with E-state index in [1.54, 1.807) is 0 Å². The van der Waals surface area contributed by atoms with E-state index in [0.29, 0.717) is 0 Å². The van der Waals surface area contributed by atoms with Crippen LogP contribution in [-0.2, 0) is 0 Å². The van der Waals surface area contributed by atoms with Crippen molar-refractivity contribution in [1.82, 2.24) is 0 Å². The molecule has 0 fully saturated rings. The van der Waals surface area contributed by atoms with Gasteiger partial charge in [0.05, 0.1) is 11.6 Å². The van der Waals surface area contributed by atoms with E-state index in [-0.39, 0.29) is 4.47 Å². The van der Waals surface area contributed by atoms with Crippen molar-refractivity contribution in [3.8, 4) is 11.5 Å². The Morgan fingerprint density at radius 1 is 1.64 bits per heavy atom. The first-order valence-electron chi connectivity index (χ1n) is 3.47. The van der Waals surface area contributed by atoms with Crippen LogP contribution in [0, 0.1) is 5.82 Å². The van der Waals surface area contributed by atoms with Gasteiger partial charge in [0.1, 0.15) is 5.56 Å². The average molecular weight is 265 g/mol. The van der Waals surface area contributed by atoms with E-state index in [0.717, 1.165) is 13.2 Å². The van der Waals surface area contributed by atoms with Gasteiger partial charge < -0.3 is 14.9 Å². The van der Waals surface area contributed by atoms with Crippen molar-refractivity contribution in [2.45, 2.75) is 0 Å². The SMILES string of the molecule is COc1c(O)cc(Br)c(F)c1C(=O)O. The van der Waals surface area contributed by atoms with E-state index in [1.165, 1.54) is 0 Å². The third kappa shape index (κ3) is 1.65. The zero-order chi connectivity index (χ0) is 10.9. The van der Waals surface area contributed by atoms with E-state index >= 15 is 0 Å². The Kier molecular flexibility index (Phi) is 2.95. The number of aromatic hydroxyl groups is 1. The Labute approximate surface area is 87.1 Å². The van der Waals surface area contributed by atoms with Crippen LogP contribution in [0.4, 0.5) is 4.39 Å². The summed E-state index contributed by atoms with van der Waals surface area (Å²) in [5.41, 5.74) is -0.695. The van der Waals surface area contributed by atoms with Crippen molar-refractivity contribution >= 4 is 21.9 Å². The van der Waals surface area contributed by atoms with Gasteiger partial charge in [0.15, 0.2) is 17.3 Å². The Bertz CT molecular complexity index is 391. The van der Waals surface area contributed by atoms with Crippen molar-refractivity contribution in [1.29, 1.82) is 0 Å². The normalized spacial score (nSPS) is 9.93. The van der Waals surface area contributed by atoms with E-state index in [1.807, 2.05) is 0 Å². The van der Waals surface area contributed by atoms with Gasteiger partial charge >= 0.3 is 5.97 Å². The minimum absolute atomic E-state index is 0.131. The summed E-state index contributed by atoms with van der Waals surface area (Å²) < 4.78 is 17.7. The Hall–Kier alpha value is -1.30. The summed E-state index contributed by atoms with van der Waals surface area (Å²) in [5.74, 6) is -3.31. The molecule has 1 aromatic rings. The molecule has 0 bridgehead atoms. The van der Waals surface area contributed by atoms with Crippen LogP contribution >= 0.6 is 15.9 Å². The zero-order valence-electron chi connectivity index (χ0n) is 7.04. The summed E-state index contributed by atoms with van der Waals surface area (Å²) in [6.07, 6.45) is 0. The molecule has 0 unspecified atom stereocenters. The molecule has 4 nitrogen and oxygen atoms in total. The standard InChI is InChI=1S/C8H6BrFO4/c1-14-7-4(11)2-3(9)6(10)5(7)8(12)13/h2,11H,1H3,(H,12,13). The number of hydrogen-bond donors (Lipinski definition) is 2. The van der Waals surface area contributed by atoms with Gasteiger partial charge in [-0.15, -0.1) is 0 Å². The molecule has 0 aliphatic carbocycles. The maximum absolute atomic E-state index is 13.3. The molecule has 2 N–H and O–H groups in total. The summed E-state index contributed by atoms with van der Waals surface area (Å²) >= 11 is 2.77. The lowest BCUT2D eigenvalue weighted by Gasteiger charge is -2.08. The molecule has 14 heavy (non-hydrogen) atoms. The monoisotopic (exact) mass is 264 g/mol. The first-order chi connectivity index (χ1) is 6.49. The fraction of sp³-hybridized carbons (Fsp3) is 0.125. The van der Waals surface area contributed by atoms with Gasteiger partial charge in [-0.3, -0.25) is 0 Å². The summed E-state index contributed by atoms with van der Waals surface area (Å²) in [6.45, 7) is 0. The molecule has 0 amide bonds. The number of phenols is 1. The quantitative estimate of drug-likeness (QED) is 0.858. The third-order valence-electron chi connectivity index (χ3n) is 1.57. The Morgan fingerprint density at radius 2 is 2.21 bits per heavy atom. The van der Waals surface area contributed by atoms with E-state index in [4.69, 9.17) is 5.11 Å². The van der Waals surface area contributed by atoms with Gasteiger partial charge in [-0.05, 0) is 15.9 Å². The number of carboxylic acids is 1. The highest BCUT2D eigenvalue weighted by Crippen LogP contribution is 2.36. The van der Waals surface area contributed by atoms with Gasteiger partial charge in [-0.2, -0.15) is 0 Å². The van der Waals surface area contributed by atoms with Crippen LogP contribution in [0.15, 0.2) is 10.5 Å². The second kappa shape index (κ2) is 3.83. The average Bonchev–Trinajstić information content (AvgIpc) is 2.10. The summed E-state index contributed by atoms with van der Waals surface area (Å²) in [6, 6.07) is 1.03. The second-order valence-electron chi connectivity index (χ2n) is 2.40. The second-order valence-corrected chi connectivity index (χ2v) is 3.26. The highest BCUT2D eigenvalue weighted by atomic mass is 79.9. The van der Waals surface area contributed by atoms with Gasteiger partial charge in [-0.25, -0.2) is 9.18 Å². The number of benzene rings is 1. The lowest BCUT2D eigenvalue weighted by Crippen LogP contribution is -2.05. The molecule has 0 radical (unpaired) electrons. The lowest BCUT2D eigenvalue weighted by atomic mass is 10.1. The maximum atomic E-state index is 13.3. The van der Waals surface area contributed by atoms with Crippen LogP contribution in [0.5, 0.6) is 11.5 Å². The number of aromatic carboxylic acids is 1. The minimum atomic E-state index is -1.50. The molecule has 0 aromatic heterocycles. The summed E-state index contributed by atoms with van der Waals surface area (Å²) in [7, 11) is 1.15. The van der Waals surface area contributed by atoms with Crippen LogP contribution in [-0.4, -0.2) is 23.3 Å². The predicted molar refractivity (Wildman–Crippen MR) is 49.3 cm³/mol. The fourth-order valence-electron chi connectivity index (χ4n) is 0.994. The van der Waals surface area contributed by atoms with Crippen LogP contribution in [0.2, 0.25) is 0 Å². The van der Waals surface area contributed by atoms with Crippen molar-refractivity contribution in [3.05, 3.63) is 21.9 Å². The molecule has 0 aliphatic heterocycles. The van der Waals surface area contributed by atoms with Gasteiger partial charge in [0, 0.05) is 6.07 Å². The van der Waals surface area contributed by atoms with E-state index in [2.05, 4.69) is 20.7 Å². The Morgan fingerprint density at radius 3 is 2.64 bits per heavy atom. The maximum Gasteiger partial charge on any atom is 0.342 e.